The normalized spacial score (nSPS) is 2.84. The zero-order valence-electron chi connectivity index (χ0n) is 14.8. The van der Waals surface area contributed by atoms with Crippen LogP contribution in [0.4, 0.5) is 0 Å². The van der Waals surface area contributed by atoms with Crippen molar-refractivity contribution in [2.75, 3.05) is 0 Å². The molecule has 0 unspecified atom stereocenters. The van der Waals surface area contributed by atoms with Crippen LogP contribution in [-0.4, -0.2) is 0 Å². The summed E-state index contributed by atoms with van der Waals surface area (Å²) in [6.07, 6.45) is 0. The van der Waals surface area contributed by atoms with Crippen LogP contribution in [0.15, 0.2) is 0 Å². The first kappa shape index (κ1) is 72.9. The summed E-state index contributed by atoms with van der Waals surface area (Å²) in [5.74, 6) is 0. The molecule has 0 atom stereocenters. The predicted molar refractivity (Wildman–Crippen MR) is 96.2 cm³/mol. The minimum absolute atomic E-state index is 0. The Morgan fingerprint density at radius 2 is 0.368 bits per heavy atom. The van der Waals surface area contributed by atoms with Crippen LogP contribution in [-0.2, 0) is 23.2 Å². The fraction of sp³-hybridized carbons (Fsp3) is 0.500. The molecule has 0 N–H and O–H groups in total. The Balaban J connectivity index is -0.00000000596. The molecule has 0 spiro atoms. The third kappa shape index (κ3) is 8730. The Morgan fingerprint density at radius 1 is 0.368 bits per heavy atom. The fourth-order valence-electron chi connectivity index (χ4n) is 0. The van der Waals surface area contributed by atoms with Gasteiger partial charge in [-0.05, 0) is 0 Å². The SMILES string of the molecule is Cl.[CH2-]C.[CH2-]C.[CH2-]C.[CH2-]C.[CH2-]C.[CH2-]C.[CH2-]C.[CH2-]C.[O]=[Pt]. The summed E-state index contributed by atoms with van der Waals surface area (Å²) >= 11 is 0.889. The van der Waals surface area contributed by atoms with Crippen molar-refractivity contribution in [3.63, 3.8) is 0 Å². The molecule has 0 aliphatic heterocycles. The van der Waals surface area contributed by atoms with Crippen LogP contribution in [0.2, 0.25) is 0 Å². The molecule has 0 aromatic rings. The van der Waals surface area contributed by atoms with Gasteiger partial charge in [0, 0.05) is 0 Å². The summed E-state index contributed by atoms with van der Waals surface area (Å²) in [5, 5.41) is 0. The second kappa shape index (κ2) is 9800. The molecule has 0 saturated carbocycles. The molecular weight excluding hydrogens is 439 g/mol. The van der Waals surface area contributed by atoms with Gasteiger partial charge in [0.15, 0.2) is 0 Å². The average Bonchev–Trinajstić information content (AvgIpc) is 2.63. The van der Waals surface area contributed by atoms with Crippen molar-refractivity contribution in [2.24, 2.45) is 0 Å². The van der Waals surface area contributed by atoms with E-state index in [2.05, 4.69) is 55.4 Å². The van der Waals surface area contributed by atoms with E-state index in [-0.39, 0.29) is 12.4 Å². The van der Waals surface area contributed by atoms with Gasteiger partial charge in [0.2, 0.25) is 0 Å². The zero-order valence-corrected chi connectivity index (χ0v) is 17.9. The summed E-state index contributed by atoms with van der Waals surface area (Å²) in [5.41, 5.74) is 0. The molecule has 0 aliphatic rings. The summed E-state index contributed by atoms with van der Waals surface area (Å²) in [6.45, 7) is 40.0. The van der Waals surface area contributed by atoms with Gasteiger partial charge in [-0.1, -0.05) is 0 Å². The van der Waals surface area contributed by atoms with Crippen molar-refractivity contribution in [3.05, 3.63) is 55.4 Å². The van der Waals surface area contributed by atoms with Gasteiger partial charge >= 0.3 is 23.2 Å². The van der Waals surface area contributed by atoms with Crippen LogP contribution in [0, 0.1) is 55.4 Å². The molecule has 0 bridgehead atoms. The van der Waals surface area contributed by atoms with Crippen LogP contribution in [0.1, 0.15) is 55.4 Å². The van der Waals surface area contributed by atoms with Crippen molar-refractivity contribution in [3.8, 4) is 0 Å². The first-order chi connectivity index (χ1) is 9.00. The Hall–Kier alpha value is 0.778. The number of rotatable bonds is 0. The molecule has 0 amide bonds. The quantitative estimate of drug-likeness (QED) is 0.341. The van der Waals surface area contributed by atoms with Gasteiger partial charge in [-0.2, -0.15) is 55.4 Å². The van der Waals surface area contributed by atoms with Gasteiger partial charge in [-0.3, -0.25) is 0 Å². The summed E-state index contributed by atoms with van der Waals surface area (Å²) in [4.78, 5) is 0. The van der Waals surface area contributed by atoms with Crippen LogP contribution < -0.4 is 0 Å². The van der Waals surface area contributed by atoms with Crippen molar-refractivity contribution in [2.45, 2.75) is 55.4 Å². The molecule has 0 fully saturated rings. The number of hydrogen-bond acceptors (Lipinski definition) is 1. The number of hydrogen-bond donors (Lipinski definition) is 0. The first-order valence-electron chi connectivity index (χ1n) is 5.79. The maximum absolute atomic E-state index is 8.22. The zero-order chi connectivity index (χ0) is 18.0. The molecule has 19 heavy (non-hydrogen) atoms. The Bertz CT molecular complexity index is 16.7. The van der Waals surface area contributed by atoms with Crippen molar-refractivity contribution in [1.29, 1.82) is 0 Å². The Kier molecular flexibility index (Phi) is 37600. The van der Waals surface area contributed by atoms with Gasteiger partial charge < -0.3 is 55.4 Å². The average molecular weight is 480 g/mol. The molecule has 0 saturated heterocycles. The van der Waals surface area contributed by atoms with Crippen molar-refractivity contribution >= 4 is 12.4 Å². The molecule has 0 aromatic heterocycles. The molecule has 0 aliphatic carbocycles. The summed E-state index contributed by atoms with van der Waals surface area (Å²) in [6, 6.07) is 0. The minimum atomic E-state index is 0. The van der Waals surface area contributed by atoms with E-state index < -0.39 is 0 Å². The van der Waals surface area contributed by atoms with E-state index in [1.165, 1.54) is 0 Å². The molecular formula is C16H41ClOPt-8. The summed E-state index contributed by atoms with van der Waals surface area (Å²) in [7, 11) is 0. The molecule has 0 heterocycles. The van der Waals surface area contributed by atoms with E-state index in [1.54, 1.807) is 55.4 Å². The van der Waals surface area contributed by atoms with E-state index in [0.717, 1.165) is 19.8 Å². The standard InChI is InChI=1S/8C2H5.ClH.O.Pt/c8*1-2;;;/h8*1H2,2H3;1H;;/q8*-1;;;. The summed E-state index contributed by atoms with van der Waals surface area (Å²) < 4.78 is 8.22. The predicted octanol–water partition coefficient (Wildman–Crippen LogP) is 7.02. The topological polar surface area (TPSA) is 17.1 Å². The third-order valence-electron chi connectivity index (χ3n) is 0. The van der Waals surface area contributed by atoms with Crippen molar-refractivity contribution < 1.29 is 23.2 Å². The van der Waals surface area contributed by atoms with Gasteiger partial charge in [-0.25, -0.2) is 0 Å². The molecule has 0 radical (unpaired) electrons. The maximum atomic E-state index is 8.22. The van der Waals surface area contributed by atoms with Crippen LogP contribution in [0.3, 0.4) is 0 Å². The second-order valence-electron chi connectivity index (χ2n) is 0. The van der Waals surface area contributed by atoms with Gasteiger partial charge in [0.05, 0.1) is 0 Å². The Morgan fingerprint density at radius 3 is 0.368 bits per heavy atom. The van der Waals surface area contributed by atoms with E-state index >= 15 is 0 Å². The van der Waals surface area contributed by atoms with E-state index in [0.29, 0.717) is 0 Å². The third-order valence-corrected chi connectivity index (χ3v) is 0. The van der Waals surface area contributed by atoms with E-state index in [9.17, 15) is 0 Å². The van der Waals surface area contributed by atoms with Gasteiger partial charge in [0.25, 0.3) is 0 Å². The first-order valence-corrected chi connectivity index (χ1v) is 6.71. The molecule has 0 rings (SSSR count). The monoisotopic (exact) mass is 479 g/mol. The Labute approximate surface area is 146 Å². The van der Waals surface area contributed by atoms with Gasteiger partial charge in [0.1, 0.15) is 0 Å². The van der Waals surface area contributed by atoms with Crippen LogP contribution in [0.25, 0.3) is 0 Å². The molecule has 1 nitrogen and oxygen atoms in total. The van der Waals surface area contributed by atoms with Gasteiger partial charge in [-0.15, -0.1) is 12.4 Å². The number of halogens is 1. The molecule has 3 heteroatoms. The fourth-order valence-corrected chi connectivity index (χ4v) is 0. The van der Waals surface area contributed by atoms with Crippen LogP contribution in [0.5, 0.6) is 0 Å². The molecule has 0 aromatic carbocycles. The van der Waals surface area contributed by atoms with E-state index in [4.69, 9.17) is 3.40 Å². The molecule has 136 valence electrons. The van der Waals surface area contributed by atoms with Crippen LogP contribution >= 0.6 is 12.4 Å². The van der Waals surface area contributed by atoms with Crippen molar-refractivity contribution in [1.82, 2.24) is 0 Å². The second-order valence-corrected chi connectivity index (χ2v) is 0. The van der Waals surface area contributed by atoms with E-state index in [1.807, 2.05) is 0 Å².